The van der Waals surface area contributed by atoms with Crippen molar-refractivity contribution in [1.29, 1.82) is 0 Å². The monoisotopic (exact) mass is 168 g/mol. The van der Waals surface area contributed by atoms with Crippen LogP contribution in [0.15, 0.2) is 23.4 Å². The lowest BCUT2D eigenvalue weighted by atomic mass is 10.3. The van der Waals surface area contributed by atoms with Crippen LogP contribution in [0.4, 0.5) is 0 Å². The molecule has 4 nitrogen and oxygen atoms in total. The fourth-order valence-electron chi connectivity index (χ4n) is 0.633. The van der Waals surface area contributed by atoms with Crippen LogP contribution in [0.5, 0.6) is 0 Å². The molecule has 11 heavy (non-hydrogen) atoms. The maximum Gasteiger partial charge on any atom is 0.0699 e. The van der Waals surface area contributed by atoms with Crippen molar-refractivity contribution in [2.24, 2.45) is 5.11 Å². The van der Waals surface area contributed by atoms with E-state index in [9.17, 15) is 0 Å². The molecule has 56 valence electrons. The molecule has 0 saturated carbocycles. The van der Waals surface area contributed by atoms with E-state index in [0.717, 1.165) is 0 Å². The van der Waals surface area contributed by atoms with Crippen molar-refractivity contribution in [3.63, 3.8) is 0 Å². The van der Waals surface area contributed by atoms with Crippen LogP contribution in [0.25, 0.3) is 10.4 Å². The molecule has 1 aromatic rings. The molecule has 1 aromatic heterocycles. The van der Waals surface area contributed by atoms with Gasteiger partial charge in [-0.3, -0.25) is 4.98 Å². The molecule has 0 aliphatic heterocycles. The van der Waals surface area contributed by atoms with E-state index >= 15 is 0 Å². The summed E-state index contributed by atoms with van der Waals surface area (Å²) in [6.07, 6.45) is 1.61. The van der Waals surface area contributed by atoms with E-state index in [1.54, 1.807) is 18.3 Å². The molecule has 5 heteroatoms. The summed E-state index contributed by atoms with van der Waals surface area (Å²) in [5.41, 5.74) is 8.61. The van der Waals surface area contributed by atoms with E-state index in [1.807, 2.05) is 0 Å². The van der Waals surface area contributed by atoms with Gasteiger partial charge in [0.2, 0.25) is 0 Å². The summed E-state index contributed by atoms with van der Waals surface area (Å²) in [5.74, 6) is 0. The maximum atomic E-state index is 8.01. The number of aromatic nitrogens is 1. The van der Waals surface area contributed by atoms with Crippen molar-refractivity contribution in [1.82, 2.24) is 4.98 Å². The van der Waals surface area contributed by atoms with Crippen molar-refractivity contribution >= 4 is 11.6 Å². The van der Waals surface area contributed by atoms with Crippen molar-refractivity contribution in [2.75, 3.05) is 0 Å². The first-order valence-electron chi connectivity index (χ1n) is 2.95. The summed E-state index contributed by atoms with van der Waals surface area (Å²) in [6, 6.07) is 3.43. The zero-order chi connectivity index (χ0) is 8.10. The highest BCUT2D eigenvalue weighted by Gasteiger charge is 1.96. The molecule has 0 aromatic carbocycles. The van der Waals surface area contributed by atoms with E-state index in [1.165, 1.54) is 0 Å². The molecule has 0 fully saturated rings. The Morgan fingerprint density at radius 3 is 3.18 bits per heavy atom. The zero-order valence-electron chi connectivity index (χ0n) is 5.61. The Balaban J connectivity index is 2.85. The van der Waals surface area contributed by atoms with Gasteiger partial charge in [-0.2, -0.15) is 0 Å². The lowest BCUT2D eigenvalue weighted by Crippen LogP contribution is -1.86. The number of halogens is 1. The Labute approximate surface area is 68.5 Å². The predicted molar refractivity (Wildman–Crippen MR) is 42.1 cm³/mol. The molecule has 0 bridgehead atoms. The van der Waals surface area contributed by atoms with E-state index in [4.69, 9.17) is 17.1 Å². The average Bonchev–Trinajstić information content (AvgIpc) is 2.03. The minimum absolute atomic E-state index is 0.205. The molecular formula is C6H5ClN4. The molecule has 0 spiro atoms. The van der Waals surface area contributed by atoms with Crippen LogP contribution in [-0.4, -0.2) is 4.98 Å². The summed E-state index contributed by atoms with van der Waals surface area (Å²) < 4.78 is 0. The van der Waals surface area contributed by atoms with Gasteiger partial charge >= 0.3 is 0 Å². The number of azide groups is 1. The molecular weight excluding hydrogens is 164 g/mol. The van der Waals surface area contributed by atoms with Crippen molar-refractivity contribution < 1.29 is 0 Å². The summed E-state index contributed by atoms with van der Waals surface area (Å²) in [7, 11) is 0. The lowest BCUT2D eigenvalue weighted by Gasteiger charge is -1.95. The molecule has 1 rings (SSSR count). The minimum atomic E-state index is 0.205. The van der Waals surface area contributed by atoms with Crippen molar-refractivity contribution in [3.8, 4) is 0 Å². The Kier molecular flexibility index (Phi) is 2.72. The number of hydrogen-bond donors (Lipinski definition) is 0. The van der Waals surface area contributed by atoms with Gasteiger partial charge in [0.25, 0.3) is 0 Å². The molecule has 0 atom stereocenters. The average molecular weight is 169 g/mol. The second-order valence-electron chi connectivity index (χ2n) is 1.82. The first-order chi connectivity index (χ1) is 5.34. The predicted octanol–water partition coefficient (Wildman–Crippen LogP) is 2.55. The van der Waals surface area contributed by atoms with E-state index in [0.29, 0.717) is 10.7 Å². The maximum absolute atomic E-state index is 8.01. The summed E-state index contributed by atoms with van der Waals surface area (Å²) in [4.78, 5) is 6.52. The van der Waals surface area contributed by atoms with Gasteiger partial charge in [0.05, 0.1) is 17.3 Å². The molecule has 0 aliphatic carbocycles. The van der Waals surface area contributed by atoms with Gasteiger partial charge < -0.3 is 0 Å². The van der Waals surface area contributed by atoms with Crippen LogP contribution in [0.2, 0.25) is 5.02 Å². The molecule has 0 N–H and O–H groups in total. The highest BCUT2D eigenvalue weighted by molar-refractivity contribution is 6.31. The van der Waals surface area contributed by atoms with Gasteiger partial charge in [-0.1, -0.05) is 16.7 Å². The van der Waals surface area contributed by atoms with Crippen LogP contribution in [0.1, 0.15) is 5.69 Å². The summed E-state index contributed by atoms with van der Waals surface area (Å²) in [6.45, 7) is 0.205. The molecule has 0 amide bonds. The SMILES string of the molecule is [N-]=[N+]=NCc1ncccc1Cl. The Morgan fingerprint density at radius 2 is 2.55 bits per heavy atom. The standard InChI is InChI=1S/C6H5ClN4/c7-5-2-1-3-9-6(5)4-10-11-8/h1-3H,4H2. The first-order valence-corrected chi connectivity index (χ1v) is 3.32. The minimum Gasteiger partial charge on any atom is -0.260 e. The van der Waals surface area contributed by atoms with Crippen LogP contribution in [-0.2, 0) is 6.54 Å². The molecule has 1 heterocycles. The third kappa shape index (κ3) is 2.11. The van der Waals surface area contributed by atoms with E-state index in [2.05, 4.69) is 15.0 Å². The van der Waals surface area contributed by atoms with Gasteiger partial charge in [0, 0.05) is 11.1 Å². The highest BCUT2D eigenvalue weighted by Crippen LogP contribution is 2.12. The van der Waals surface area contributed by atoms with Gasteiger partial charge in [-0.15, -0.1) is 0 Å². The fraction of sp³-hybridized carbons (Fsp3) is 0.167. The van der Waals surface area contributed by atoms with Crippen LogP contribution >= 0.6 is 11.6 Å². The second-order valence-corrected chi connectivity index (χ2v) is 2.23. The smallest absolute Gasteiger partial charge is 0.0699 e. The number of pyridine rings is 1. The van der Waals surface area contributed by atoms with Gasteiger partial charge in [0.15, 0.2) is 0 Å². The largest absolute Gasteiger partial charge is 0.260 e. The topological polar surface area (TPSA) is 61.7 Å². The Hall–Kier alpha value is -1.25. The Bertz CT molecular complexity index is 292. The molecule has 0 unspecified atom stereocenters. The zero-order valence-corrected chi connectivity index (χ0v) is 6.36. The van der Waals surface area contributed by atoms with Crippen LogP contribution in [0.3, 0.4) is 0 Å². The summed E-state index contributed by atoms with van der Waals surface area (Å²) in [5, 5.41) is 3.86. The molecule has 0 aliphatic rings. The van der Waals surface area contributed by atoms with Gasteiger partial charge in [-0.05, 0) is 17.7 Å². The first kappa shape index (κ1) is 7.85. The molecule has 0 radical (unpaired) electrons. The van der Waals surface area contributed by atoms with E-state index < -0.39 is 0 Å². The quantitative estimate of drug-likeness (QED) is 0.380. The third-order valence-electron chi connectivity index (χ3n) is 1.12. The van der Waals surface area contributed by atoms with Crippen molar-refractivity contribution in [3.05, 3.63) is 39.5 Å². The lowest BCUT2D eigenvalue weighted by molar-refractivity contribution is 0.976. The number of nitrogens with zero attached hydrogens (tertiary/aromatic N) is 4. The third-order valence-corrected chi connectivity index (χ3v) is 1.46. The van der Waals surface area contributed by atoms with E-state index in [-0.39, 0.29) is 6.54 Å². The summed E-state index contributed by atoms with van der Waals surface area (Å²) >= 11 is 5.71. The molecule has 0 saturated heterocycles. The second kappa shape index (κ2) is 3.81. The number of hydrogen-bond acceptors (Lipinski definition) is 2. The Morgan fingerprint density at radius 1 is 1.73 bits per heavy atom. The normalized spacial score (nSPS) is 8.82. The van der Waals surface area contributed by atoms with Gasteiger partial charge in [-0.25, -0.2) is 0 Å². The van der Waals surface area contributed by atoms with Crippen molar-refractivity contribution in [2.45, 2.75) is 6.54 Å². The van der Waals surface area contributed by atoms with Crippen LogP contribution < -0.4 is 0 Å². The van der Waals surface area contributed by atoms with Crippen LogP contribution in [0, 0.1) is 0 Å². The highest BCUT2D eigenvalue weighted by atomic mass is 35.5. The fourth-order valence-corrected chi connectivity index (χ4v) is 0.815. The van der Waals surface area contributed by atoms with Gasteiger partial charge in [0.1, 0.15) is 0 Å². The number of rotatable bonds is 2.